The van der Waals surface area contributed by atoms with E-state index in [1.807, 2.05) is 25.1 Å². The van der Waals surface area contributed by atoms with Gasteiger partial charge in [0.15, 0.2) is 11.5 Å². The number of carbonyl (C=O) groups excluding carboxylic acids is 1. The molecule has 0 spiro atoms. The number of rotatable bonds is 1. The molecule has 5 nitrogen and oxygen atoms in total. The zero-order chi connectivity index (χ0) is 15.0. The van der Waals surface area contributed by atoms with Crippen LogP contribution in [0.25, 0.3) is 0 Å². The number of benzene rings is 1. The third-order valence-corrected chi connectivity index (χ3v) is 4.07. The first-order chi connectivity index (χ1) is 9.96. The average molecular weight is 291 g/mol. The van der Waals surface area contributed by atoms with Gasteiger partial charge in [0, 0.05) is 13.1 Å². The van der Waals surface area contributed by atoms with Crippen molar-refractivity contribution >= 4 is 5.91 Å². The van der Waals surface area contributed by atoms with E-state index in [4.69, 9.17) is 9.47 Å². The third-order valence-electron chi connectivity index (χ3n) is 4.07. The first-order valence-corrected chi connectivity index (χ1v) is 7.40. The molecule has 3 atom stereocenters. The van der Waals surface area contributed by atoms with Gasteiger partial charge in [-0.25, -0.2) is 0 Å². The van der Waals surface area contributed by atoms with Crippen LogP contribution in [0, 0.1) is 0 Å². The highest BCUT2D eigenvalue weighted by atomic mass is 16.6. The molecule has 2 aliphatic heterocycles. The lowest BCUT2D eigenvalue weighted by Crippen LogP contribution is -2.56. The minimum absolute atomic E-state index is 0.114. The number of aliphatic hydroxyl groups is 1. The number of hydrogen-bond donors (Lipinski definition) is 1. The Labute approximate surface area is 124 Å². The maximum absolute atomic E-state index is 12.7. The molecule has 3 unspecified atom stereocenters. The smallest absolute Gasteiger partial charge is 0.267 e. The van der Waals surface area contributed by atoms with E-state index in [0.29, 0.717) is 24.6 Å². The highest BCUT2D eigenvalue weighted by molar-refractivity contribution is 5.82. The molecule has 5 heteroatoms. The maximum Gasteiger partial charge on any atom is 0.267 e. The van der Waals surface area contributed by atoms with Gasteiger partial charge < -0.3 is 19.5 Å². The number of hydrogen-bond acceptors (Lipinski definition) is 4. The predicted octanol–water partition coefficient (Wildman–Crippen LogP) is 1.59. The van der Waals surface area contributed by atoms with Gasteiger partial charge in [-0.3, -0.25) is 4.79 Å². The summed E-state index contributed by atoms with van der Waals surface area (Å²) in [5.41, 5.74) is -0.815. The van der Waals surface area contributed by atoms with Crippen LogP contribution in [0.15, 0.2) is 24.3 Å². The first kappa shape index (κ1) is 14.2. The molecule has 21 heavy (non-hydrogen) atoms. The van der Waals surface area contributed by atoms with Crippen molar-refractivity contribution in [3.8, 4) is 11.5 Å². The standard InChI is InChI=1S/C16H21NO4/c1-11-14(21-13-7-4-3-6-12(13)20-11)15(18)17-9-5-8-16(2,19)10-17/h3-4,6-7,11,14,19H,5,8-10H2,1-2H3. The molecule has 0 bridgehead atoms. The Hall–Kier alpha value is -1.75. The number of para-hydroxylation sites is 2. The summed E-state index contributed by atoms with van der Waals surface area (Å²) in [4.78, 5) is 14.4. The highest BCUT2D eigenvalue weighted by Gasteiger charge is 2.40. The van der Waals surface area contributed by atoms with E-state index in [1.165, 1.54) is 0 Å². The van der Waals surface area contributed by atoms with Crippen LogP contribution in [0.2, 0.25) is 0 Å². The fourth-order valence-electron chi connectivity index (χ4n) is 2.98. The van der Waals surface area contributed by atoms with Crippen molar-refractivity contribution < 1.29 is 19.4 Å². The summed E-state index contributed by atoms with van der Waals surface area (Å²) in [6, 6.07) is 7.36. The summed E-state index contributed by atoms with van der Waals surface area (Å²) in [6.45, 7) is 4.60. The van der Waals surface area contributed by atoms with Crippen LogP contribution in [-0.2, 0) is 4.79 Å². The summed E-state index contributed by atoms with van der Waals surface area (Å²) in [7, 11) is 0. The van der Waals surface area contributed by atoms with Crippen LogP contribution < -0.4 is 9.47 Å². The van der Waals surface area contributed by atoms with E-state index < -0.39 is 11.7 Å². The molecule has 1 fully saturated rings. The summed E-state index contributed by atoms with van der Waals surface area (Å²) in [5.74, 6) is 1.15. The summed E-state index contributed by atoms with van der Waals surface area (Å²) in [5, 5.41) is 10.1. The molecule has 1 aromatic rings. The minimum Gasteiger partial charge on any atom is -0.482 e. The van der Waals surface area contributed by atoms with Gasteiger partial charge in [0.05, 0.1) is 5.60 Å². The maximum atomic E-state index is 12.7. The fraction of sp³-hybridized carbons (Fsp3) is 0.562. The molecule has 1 aromatic carbocycles. The van der Waals surface area contributed by atoms with Gasteiger partial charge >= 0.3 is 0 Å². The molecule has 2 heterocycles. The van der Waals surface area contributed by atoms with Crippen LogP contribution in [0.1, 0.15) is 26.7 Å². The molecular weight excluding hydrogens is 270 g/mol. The van der Waals surface area contributed by atoms with Gasteiger partial charge in [0.2, 0.25) is 6.10 Å². The van der Waals surface area contributed by atoms with E-state index in [1.54, 1.807) is 17.9 Å². The number of β-amino-alcohol motifs (C(OH)–C–C–N with tert-alkyl or cyclic N) is 1. The highest BCUT2D eigenvalue weighted by Crippen LogP contribution is 2.34. The van der Waals surface area contributed by atoms with Crippen molar-refractivity contribution in [1.82, 2.24) is 4.90 Å². The van der Waals surface area contributed by atoms with Gasteiger partial charge in [-0.05, 0) is 38.8 Å². The van der Waals surface area contributed by atoms with E-state index in [2.05, 4.69) is 0 Å². The van der Waals surface area contributed by atoms with E-state index in [9.17, 15) is 9.90 Å². The average Bonchev–Trinajstić information content (AvgIpc) is 2.44. The van der Waals surface area contributed by atoms with Crippen molar-refractivity contribution in [2.45, 2.75) is 44.5 Å². The molecule has 1 N–H and O–H groups in total. The largest absolute Gasteiger partial charge is 0.482 e. The molecule has 114 valence electrons. The molecule has 0 aliphatic carbocycles. The number of amides is 1. The monoisotopic (exact) mass is 291 g/mol. The second kappa shape index (κ2) is 5.22. The van der Waals surface area contributed by atoms with Crippen LogP contribution in [0.4, 0.5) is 0 Å². The van der Waals surface area contributed by atoms with Crippen molar-refractivity contribution in [1.29, 1.82) is 0 Å². The lowest BCUT2D eigenvalue weighted by molar-refractivity contribution is -0.150. The lowest BCUT2D eigenvalue weighted by atomic mass is 9.94. The summed E-state index contributed by atoms with van der Waals surface area (Å²) < 4.78 is 11.6. The SMILES string of the molecule is CC1Oc2ccccc2OC1C(=O)N1CCCC(C)(O)C1. The summed E-state index contributed by atoms with van der Waals surface area (Å²) in [6.07, 6.45) is 0.516. The molecule has 1 amide bonds. The Bertz CT molecular complexity index is 543. The Balaban J connectivity index is 1.76. The Morgan fingerprint density at radius 1 is 1.33 bits per heavy atom. The number of likely N-dealkylation sites (tertiary alicyclic amines) is 1. The lowest BCUT2D eigenvalue weighted by Gasteiger charge is -2.40. The Morgan fingerprint density at radius 3 is 2.67 bits per heavy atom. The number of piperidine rings is 1. The van der Waals surface area contributed by atoms with Crippen LogP contribution in [0.3, 0.4) is 0 Å². The van der Waals surface area contributed by atoms with Crippen molar-refractivity contribution in [3.63, 3.8) is 0 Å². The molecule has 0 aromatic heterocycles. The molecule has 0 saturated carbocycles. The van der Waals surface area contributed by atoms with Crippen molar-refractivity contribution in [2.24, 2.45) is 0 Å². The molecule has 1 saturated heterocycles. The van der Waals surface area contributed by atoms with Crippen LogP contribution in [0.5, 0.6) is 11.5 Å². The van der Waals surface area contributed by atoms with E-state index >= 15 is 0 Å². The van der Waals surface area contributed by atoms with Crippen molar-refractivity contribution in [2.75, 3.05) is 13.1 Å². The number of nitrogens with zero attached hydrogens (tertiary/aromatic N) is 1. The predicted molar refractivity (Wildman–Crippen MR) is 77.4 cm³/mol. The molecule has 0 radical (unpaired) electrons. The molecule has 3 rings (SSSR count). The zero-order valence-electron chi connectivity index (χ0n) is 12.4. The van der Waals surface area contributed by atoms with E-state index in [0.717, 1.165) is 12.8 Å². The minimum atomic E-state index is -0.815. The Kier molecular flexibility index (Phi) is 3.53. The molecule has 2 aliphatic rings. The van der Waals surface area contributed by atoms with Gasteiger partial charge in [-0.1, -0.05) is 12.1 Å². The van der Waals surface area contributed by atoms with E-state index in [-0.39, 0.29) is 12.0 Å². The number of fused-ring (bicyclic) bond motifs is 1. The van der Waals surface area contributed by atoms with Gasteiger partial charge in [-0.15, -0.1) is 0 Å². The number of ether oxygens (including phenoxy) is 2. The second-order valence-electron chi connectivity index (χ2n) is 6.17. The van der Waals surface area contributed by atoms with Gasteiger partial charge in [-0.2, -0.15) is 0 Å². The summed E-state index contributed by atoms with van der Waals surface area (Å²) >= 11 is 0. The normalized spacial score (nSPS) is 31.9. The van der Waals surface area contributed by atoms with Gasteiger partial charge in [0.1, 0.15) is 6.10 Å². The van der Waals surface area contributed by atoms with Crippen molar-refractivity contribution in [3.05, 3.63) is 24.3 Å². The van der Waals surface area contributed by atoms with Crippen LogP contribution >= 0.6 is 0 Å². The van der Waals surface area contributed by atoms with Gasteiger partial charge in [0.25, 0.3) is 5.91 Å². The Morgan fingerprint density at radius 2 is 2.00 bits per heavy atom. The quantitative estimate of drug-likeness (QED) is 0.853. The second-order valence-corrected chi connectivity index (χ2v) is 6.17. The molecular formula is C16H21NO4. The third kappa shape index (κ3) is 2.83. The van der Waals surface area contributed by atoms with Crippen LogP contribution in [-0.4, -0.2) is 46.8 Å². The number of carbonyl (C=O) groups is 1. The first-order valence-electron chi connectivity index (χ1n) is 7.40. The zero-order valence-corrected chi connectivity index (χ0v) is 12.4. The fourth-order valence-corrected chi connectivity index (χ4v) is 2.98. The topological polar surface area (TPSA) is 59.0 Å².